The molecule has 92 valence electrons. The standard InChI is InChI=1S/C8H11N5.C2H4O2/c9-7(10)13-8(11)12-6-4-2-1-3-5-6;1-2(3)4/h1-5H,(H6,9,10,11,12,13);1H3,(H,3,4). The normalized spacial score (nSPS) is 9.82. The Hall–Kier alpha value is -2.57. The number of carboxylic acids is 1. The number of aliphatic carboxylic acids is 1. The molecule has 0 fully saturated rings. The first kappa shape index (κ1) is 14.4. The molecule has 0 spiro atoms. The molecule has 1 aromatic rings. The van der Waals surface area contributed by atoms with Gasteiger partial charge in [0, 0.05) is 6.92 Å². The van der Waals surface area contributed by atoms with Gasteiger partial charge in [0.1, 0.15) is 0 Å². The van der Waals surface area contributed by atoms with Crippen LogP contribution in [0.5, 0.6) is 0 Å². The average Bonchev–Trinajstić information content (AvgIpc) is 2.16. The quantitative estimate of drug-likeness (QED) is 0.402. The van der Waals surface area contributed by atoms with Crippen molar-refractivity contribution in [2.45, 2.75) is 6.92 Å². The van der Waals surface area contributed by atoms with Gasteiger partial charge >= 0.3 is 0 Å². The summed E-state index contributed by atoms with van der Waals surface area (Å²) in [6, 6.07) is 9.18. The predicted octanol–water partition coefficient (Wildman–Crippen LogP) is -0.00290. The minimum atomic E-state index is -0.833. The van der Waals surface area contributed by atoms with Crippen LogP contribution in [0.1, 0.15) is 6.92 Å². The highest BCUT2D eigenvalue weighted by Gasteiger charge is 1.89. The van der Waals surface area contributed by atoms with Gasteiger partial charge < -0.3 is 22.3 Å². The third-order valence-corrected chi connectivity index (χ3v) is 1.24. The van der Waals surface area contributed by atoms with E-state index in [1.165, 1.54) is 0 Å². The van der Waals surface area contributed by atoms with Crippen molar-refractivity contribution in [3.63, 3.8) is 0 Å². The number of rotatable bonds is 1. The Morgan fingerprint density at radius 1 is 1.18 bits per heavy atom. The Morgan fingerprint density at radius 3 is 2.06 bits per heavy atom. The molecule has 0 amide bonds. The van der Waals surface area contributed by atoms with Crippen molar-refractivity contribution >= 4 is 23.6 Å². The summed E-state index contributed by atoms with van der Waals surface area (Å²) in [7, 11) is 0. The third-order valence-electron chi connectivity index (χ3n) is 1.24. The number of hydrogen-bond donors (Lipinski definition) is 4. The molecular weight excluding hydrogens is 222 g/mol. The highest BCUT2D eigenvalue weighted by Crippen LogP contribution is 2.08. The van der Waals surface area contributed by atoms with Crippen LogP contribution in [0.3, 0.4) is 0 Å². The van der Waals surface area contributed by atoms with Crippen LogP contribution in [0.25, 0.3) is 0 Å². The van der Waals surface area contributed by atoms with Gasteiger partial charge in [-0.15, -0.1) is 0 Å². The van der Waals surface area contributed by atoms with Crippen molar-refractivity contribution in [1.82, 2.24) is 0 Å². The number of nitrogens with two attached hydrogens (primary N) is 3. The number of carboxylic acid groups (broad SMARTS) is 1. The van der Waals surface area contributed by atoms with Gasteiger partial charge in [0.25, 0.3) is 5.97 Å². The van der Waals surface area contributed by atoms with E-state index in [0.29, 0.717) is 5.69 Å². The van der Waals surface area contributed by atoms with E-state index in [2.05, 4.69) is 9.98 Å². The van der Waals surface area contributed by atoms with E-state index < -0.39 is 5.97 Å². The zero-order valence-electron chi connectivity index (χ0n) is 9.37. The lowest BCUT2D eigenvalue weighted by Crippen LogP contribution is -2.26. The van der Waals surface area contributed by atoms with E-state index in [0.717, 1.165) is 6.92 Å². The van der Waals surface area contributed by atoms with Crippen molar-refractivity contribution < 1.29 is 9.90 Å². The summed E-state index contributed by atoms with van der Waals surface area (Å²) < 4.78 is 0. The molecule has 0 aliphatic heterocycles. The lowest BCUT2D eigenvalue weighted by Gasteiger charge is -1.94. The van der Waals surface area contributed by atoms with E-state index in [1.807, 2.05) is 18.2 Å². The Kier molecular flexibility index (Phi) is 6.52. The SMILES string of the molecule is CC(=O)O.NC(N)=NC(N)=Nc1ccccc1. The zero-order valence-corrected chi connectivity index (χ0v) is 9.37. The van der Waals surface area contributed by atoms with Gasteiger partial charge in [0.15, 0.2) is 5.96 Å². The first-order valence-electron chi connectivity index (χ1n) is 4.60. The van der Waals surface area contributed by atoms with Crippen LogP contribution in [0, 0.1) is 0 Å². The highest BCUT2D eigenvalue weighted by molar-refractivity contribution is 5.93. The van der Waals surface area contributed by atoms with Crippen LogP contribution < -0.4 is 17.2 Å². The molecule has 0 aliphatic carbocycles. The number of guanidine groups is 2. The summed E-state index contributed by atoms with van der Waals surface area (Å²) in [6.07, 6.45) is 0. The van der Waals surface area contributed by atoms with Crippen LogP contribution in [-0.2, 0) is 4.79 Å². The molecule has 0 saturated carbocycles. The highest BCUT2D eigenvalue weighted by atomic mass is 16.4. The van der Waals surface area contributed by atoms with Gasteiger partial charge in [-0.1, -0.05) is 18.2 Å². The fourth-order valence-corrected chi connectivity index (χ4v) is 0.792. The van der Waals surface area contributed by atoms with Crippen molar-refractivity contribution in [1.29, 1.82) is 0 Å². The van der Waals surface area contributed by atoms with Crippen LogP contribution in [0.4, 0.5) is 5.69 Å². The maximum absolute atomic E-state index is 9.00. The van der Waals surface area contributed by atoms with Crippen molar-refractivity contribution in [3.8, 4) is 0 Å². The van der Waals surface area contributed by atoms with Crippen molar-refractivity contribution in [2.75, 3.05) is 0 Å². The second-order valence-electron chi connectivity index (χ2n) is 2.86. The first-order chi connectivity index (χ1) is 7.91. The number of carbonyl (C=O) groups is 1. The minimum absolute atomic E-state index is 0.0474. The van der Waals surface area contributed by atoms with E-state index in [1.54, 1.807) is 12.1 Å². The number of benzene rings is 1. The van der Waals surface area contributed by atoms with Gasteiger partial charge in [-0.25, -0.2) is 4.99 Å². The van der Waals surface area contributed by atoms with E-state index in [-0.39, 0.29) is 11.9 Å². The molecule has 0 aliphatic rings. The molecule has 0 atom stereocenters. The summed E-state index contributed by atoms with van der Waals surface area (Å²) in [6.45, 7) is 1.08. The van der Waals surface area contributed by atoms with Crippen LogP contribution in [0.15, 0.2) is 40.3 Å². The van der Waals surface area contributed by atoms with Crippen molar-refractivity contribution in [2.24, 2.45) is 27.2 Å². The molecule has 0 aromatic heterocycles. The van der Waals surface area contributed by atoms with Crippen LogP contribution in [0.2, 0.25) is 0 Å². The second kappa shape index (κ2) is 7.69. The summed E-state index contributed by atoms with van der Waals surface area (Å²) in [5.41, 5.74) is 16.3. The molecule has 0 heterocycles. The second-order valence-corrected chi connectivity index (χ2v) is 2.86. The van der Waals surface area contributed by atoms with E-state index >= 15 is 0 Å². The fraction of sp³-hybridized carbons (Fsp3) is 0.100. The maximum Gasteiger partial charge on any atom is 0.300 e. The topological polar surface area (TPSA) is 140 Å². The molecule has 1 rings (SSSR count). The van der Waals surface area contributed by atoms with Crippen LogP contribution in [-0.4, -0.2) is 23.0 Å². The molecule has 7 nitrogen and oxygen atoms in total. The number of nitrogens with zero attached hydrogens (tertiary/aromatic N) is 2. The molecule has 17 heavy (non-hydrogen) atoms. The summed E-state index contributed by atoms with van der Waals surface area (Å²) in [5, 5.41) is 7.42. The van der Waals surface area contributed by atoms with Gasteiger partial charge in [-0.05, 0) is 12.1 Å². The molecule has 7 N–H and O–H groups in total. The largest absolute Gasteiger partial charge is 0.481 e. The monoisotopic (exact) mass is 237 g/mol. The van der Waals surface area contributed by atoms with Gasteiger partial charge in [-0.2, -0.15) is 4.99 Å². The summed E-state index contributed by atoms with van der Waals surface area (Å²) in [4.78, 5) is 16.5. The van der Waals surface area contributed by atoms with Gasteiger partial charge in [-0.3, -0.25) is 4.79 Å². The predicted molar refractivity (Wildman–Crippen MR) is 66.8 cm³/mol. The first-order valence-corrected chi connectivity index (χ1v) is 4.60. The van der Waals surface area contributed by atoms with Gasteiger partial charge in [0.2, 0.25) is 5.96 Å². The van der Waals surface area contributed by atoms with Gasteiger partial charge in [0.05, 0.1) is 5.69 Å². The number of aliphatic imine (C=N–C) groups is 2. The molecule has 0 unspecified atom stereocenters. The summed E-state index contributed by atoms with van der Waals surface area (Å²) in [5.74, 6) is -0.886. The molecule has 1 aromatic carbocycles. The van der Waals surface area contributed by atoms with Crippen LogP contribution >= 0.6 is 0 Å². The lowest BCUT2D eigenvalue weighted by atomic mass is 10.3. The summed E-state index contributed by atoms with van der Waals surface area (Å²) >= 11 is 0. The van der Waals surface area contributed by atoms with E-state index in [9.17, 15) is 0 Å². The molecule has 7 heteroatoms. The lowest BCUT2D eigenvalue weighted by molar-refractivity contribution is -0.134. The van der Waals surface area contributed by atoms with Crippen molar-refractivity contribution in [3.05, 3.63) is 30.3 Å². The Balaban J connectivity index is 0.000000557. The maximum atomic E-state index is 9.00. The average molecular weight is 237 g/mol. The molecule has 0 radical (unpaired) electrons. The fourth-order valence-electron chi connectivity index (χ4n) is 0.792. The molecule has 0 bridgehead atoms. The number of hydrogen-bond acceptors (Lipinski definition) is 2. The molecule has 0 saturated heterocycles. The molecular formula is C10H15N5O2. The Bertz CT molecular complexity index is 406. The van der Waals surface area contributed by atoms with E-state index in [4.69, 9.17) is 27.1 Å². The minimum Gasteiger partial charge on any atom is -0.481 e. The zero-order chi connectivity index (χ0) is 13.3. The Morgan fingerprint density at radius 2 is 1.65 bits per heavy atom. The number of para-hydroxylation sites is 1. The Labute approximate surface area is 98.7 Å². The third kappa shape index (κ3) is 9.73. The smallest absolute Gasteiger partial charge is 0.300 e.